The first-order chi connectivity index (χ1) is 13.2. The molecule has 2 N–H and O–H groups in total. The summed E-state index contributed by atoms with van der Waals surface area (Å²) in [6.45, 7) is 6.31. The van der Waals surface area contributed by atoms with Crippen LogP contribution < -0.4 is 10.6 Å². The molecule has 0 aliphatic carbocycles. The largest absolute Gasteiger partial charge is 0.381 e. The van der Waals surface area contributed by atoms with Crippen molar-refractivity contribution in [1.29, 1.82) is 0 Å². The Morgan fingerprint density at radius 3 is 2.67 bits per heavy atom. The first-order valence-electron chi connectivity index (χ1n) is 10.1. The fourth-order valence-corrected chi connectivity index (χ4v) is 3.18. The summed E-state index contributed by atoms with van der Waals surface area (Å²) < 4.78 is 5.42. The molecule has 0 saturated carbocycles. The van der Waals surface area contributed by atoms with Crippen molar-refractivity contribution in [2.45, 2.75) is 32.6 Å². The van der Waals surface area contributed by atoms with E-state index in [-0.39, 0.29) is 12.5 Å². The molecule has 1 fully saturated rings. The predicted molar refractivity (Wildman–Crippen MR) is 110 cm³/mol. The van der Waals surface area contributed by atoms with Crippen LogP contribution in [-0.4, -0.2) is 63.2 Å². The fourth-order valence-electron chi connectivity index (χ4n) is 3.18. The molecule has 6 nitrogen and oxygen atoms in total. The zero-order valence-electron chi connectivity index (χ0n) is 16.7. The predicted octanol–water partition coefficient (Wildman–Crippen LogP) is 2.06. The molecule has 1 aromatic carbocycles. The number of rotatable bonds is 9. The molecule has 6 heteroatoms. The van der Waals surface area contributed by atoms with Gasteiger partial charge in [0.05, 0.1) is 0 Å². The molecule has 1 amide bonds. The standard InChI is InChI=1S/C21H34N4O2/c1-3-22-21(25(2)14-10-19-11-15-27-16-12-19)24-17-20(26)23-13-9-18-7-5-4-6-8-18/h4-8,19H,3,9-17H2,1-2H3,(H,22,24)(H,23,26). The third-order valence-corrected chi connectivity index (χ3v) is 4.86. The second-order valence-electron chi connectivity index (χ2n) is 7.02. The summed E-state index contributed by atoms with van der Waals surface area (Å²) in [6, 6.07) is 10.2. The highest BCUT2D eigenvalue weighted by Crippen LogP contribution is 2.18. The highest BCUT2D eigenvalue weighted by Gasteiger charge is 2.15. The van der Waals surface area contributed by atoms with Crippen LogP contribution in [0.15, 0.2) is 35.3 Å². The molecule has 0 aromatic heterocycles. The lowest BCUT2D eigenvalue weighted by Gasteiger charge is -2.26. The molecule has 0 atom stereocenters. The van der Waals surface area contributed by atoms with E-state index in [2.05, 4.69) is 32.7 Å². The summed E-state index contributed by atoms with van der Waals surface area (Å²) in [5.74, 6) is 1.48. The summed E-state index contributed by atoms with van der Waals surface area (Å²) in [5.41, 5.74) is 1.22. The smallest absolute Gasteiger partial charge is 0.241 e. The van der Waals surface area contributed by atoms with Crippen LogP contribution in [0.5, 0.6) is 0 Å². The van der Waals surface area contributed by atoms with E-state index in [0.29, 0.717) is 6.54 Å². The minimum atomic E-state index is -0.0424. The number of carbonyl (C=O) groups is 1. The van der Waals surface area contributed by atoms with E-state index >= 15 is 0 Å². The normalized spacial score (nSPS) is 15.4. The number of amides is 1. The molecule has 150 valence electrons. The molecule has 0 spiro atoms. The minimum Gasteiger partial charge on any atom is -0.381 e. The first-order valence-corrected chi connectivity index (χ1v) is 10.1. The van der Waals surface area contributed by atoms with Gasteiger partial charge in [-0.25, -0.2) is 4.99 Å². The van der Waals surface area contributed by atoms with Crippen molar-refractivity contribution in [2.24, 2.45) is 10.9 Å². The molecule has 1 heterocycles. The van der Waals surface area contributed by atoms with Gasteiger partial charge in [0.25, 0.3) is 0 Å². The second kappa shape index (κ2) is 12.3. The number of hydrogen-bond acceptors (Lipinski definition) is 3. The van der Waals surface area contributed by atoms with Gasteiger partial charge in [0.2, 0.25) is 5.91 Å². The molecule has 27 heavy (non-hydrogen) atoms. The molecular formula is C21H34N4O2. The van der Waals surface area contributed by atoms with Crippen LogP contribution in [0.3, 0.4) is 0 Å². The fraction of sp³-hybridized carbons (Fsp3) is 0.619. The van der Waals surface area contributed by atoms with Gasteiger partial charge in [-0.3, -0.25) is 4.79 Å². The molecule has 1 saturated heterocycles. The SMILES string of the molecule is CCNC(=NCC(=O)NCCc1ccccc1)N(C)CCC1CCOCC1. The van der Waals surface area contributed by atoms with Gasteiger partial charge < -0.3 is 20.3 Å². The van der Waals surface area contributed by atoms with Crippen LogP contribution in [-0.2, 0) is 16.0 Å². The summed E-state index contributed by atoms with van der Waals surface area (Å²) in [4.78, 5) is 18.7. The van der Waals surface area contributed by atoms with E-state index in [9.17, 15) is 4.79 Å². The maximum absolute atomic E-state index is 12.1. The zero-order chi connectivity index (χ0) is 19.3. The average molecular weight is 375 g/mol. The van der Waals surface area contributed by atoms with Crippen molar-refractivity contribution in [2.75, 3.05) is 46.4 Å². The summed E-state index contributed by atoms with van der Waals surface area (Å²) >= 11 is 0. The third-order valence-electron chi connectivity index (χ3n) is 4.86. The lowest BCUT2D eigenvalue weighted by molar-refractivity contribution is -0.119. The van der Waals surface area contributed by atoms with Crippen LogP contribution in [0, 0.1) is 5.92 Å². The maximum Gasteiger partial charge on any atom is 0.241 e. The Balaban J connectivity index is 1.72. The van der Waals surface area contributed by atoms with E-state index in [0.717, 1.165) is 63.9 Å². The van der Waals surface area contributed by atoms with Gasteiger partial charge >= 0.3 is 0 Å². The van der Waals surface area contributed by atoms with Crippen LogP contribution in [0.25, 0.3) is 0 Å². The molecule has 1 aromatic rings. The lowest BCUT2D eigenvalue weighted by Crippen LogP contribution is -2.41. The topological polar surface area (TPSA) is 66.0 Å². The van der Waals surface area contributed by atoms with E-state index in [1.54, 1.807) is 0 Å². The third kappa shape index (κ3) is 8.43. The quantitative estimate of drug-likeness (QED) is 0.513. The number of guanidine groups is 1. The molecule has 2 rings (SSSR count). The van der Waals surface area contributed by atoms with Gasteiger partial charge in [0.15, 0.2) is 5.96 Å². The second-order valence-corrected chi connectivity index (χ2v) is 7.02. The van der Waals surface area contributed by atoms with Crippen LogP contribution in [0.1, 0.15) is 31.7 Å². The van der Waals surface area contributed by atoms with Gasteiger partial charge in [-0.15, -0.1) is 0 Å². The summed E-state index contributed by atoms with van der Waals surface area (Å²) in [7, 11) is 2.04. The molecule has 0 bridgehead atoms. The zero-order valence-corrected chi connectivity index (χ0v) is 16.7. The number of ether oxygens (including phenoxy) is 1. The van der Waals surface area contributed by atoms with E-state index in [1.807, 2.05) is 32.2 Å². The number of nitrogens with one attached hydrogen (secondary N) is 2. The minimum absolute atomic E-state index is 0.0424. The van der Waals surface area contributed by atoms with E-state index < -0.39 is 0 Å². The highest BCUT2D eigenvalue weighted by atomic mass is 16.5. The monoisotopic (exact) mass is 374 g/mol. The van der Waals surface area contributed by atoms with Crippen molar-refractivity contribution < 1.29 is 9.53 Å². The van der Waals surface area contributed by atoms with Crippen molar-refractivity contribution in [3.8, 4) is 0 Å². The molecule has 1 aliphatic heterocycles. The Morgan fingerprint density at radius 1 is 1.22 bits per heavy atom. The Morgan fingerprint density at radius 2 is 1.96 bits per heavy atom. The number of benzene rings is 1. The van der Waals surface area contributed by atoms with Crippen LogP contribution >= 0.6 is 0 Å². The molecule has 1 aliphatic rings. The molecular weight excluding hydrogens is 340 g/mol. The number of aliphatic imine (C=N–C) groups is 1. The van der Waals surface area contributed by atoms with Crippen molar-refractivity contribution in [3.63, 3.8) is 0 Å². The van der Waals surface area contributed by atoms with Gasteiger partial charge in [-0.2, -0.15) is 0 Å². The highest BCUT2D eigenvalue weighted by molar-refractivity contribution is 5.84. The Kier molecular flexibility index (Phi) is 9.69. The molecule has 0 radical (unpaired) electrons. The van der Waals surface area contributed by atoms with E-state index in [1.165, 1.54) is 5.56 Å². The first kappa shape index (κ1) is 21.2. The van der Waals surface area contributed by atoms with Gasteiger partial charge in [-0.1, -0.05) is 30.3 Å². The van der Waals surface area contributed by atoms with Gasteiger partial charge in [-0.05, 0) is 44.1 Å². The van der Waals surface area contributed by atoms with Crippen molar-refractivity contribution >= 4 is 11.9 Å². The Bertz CT molecular complexity index is 571. The average Bonchev–Trinajstić information content (AvgIpc) is 2.71. The van der Waals surface area contributed by atoms with Crippen LogP contribution in [0.4, 0.5) is 0 Å². The summed E-state index contributed by atoms with van der Waals surface area (Å²) in [5, 5.41) is 6.22. The van der Waals surface area contributed by atoms with Crippen molar-refractivity contribution in [1.82, 2.24) is 15.5 Å². The Labute approximate surface area is 163 Å². The summed E-state index contributed by atoms with van der Waals surface area (Å²) in [6.07, 6.45) is 4.26. The lowest BCUT2D eigenvalue weighted by atomic mass is 9.96. The number of hydrogen-bond donors (Lipinski definition) is 2. The van der Waals surface area contributed by atoms with Gasteiger partial charge in [0.1, 0.15) is 6.54 Å². The van der Waals surface area contributed by atoms with E-state index in [4.69, 9.17) is 4.74 Å². The Hall–Kier alpha value is -2.08. The number of nitrogens with zero attached hydrogens (tertiary/aromatic N) is 2. The molecule has 0 unspecified atom stereocenters. The van der Waals surface area contributed by atoms with Gasteiger partial charge in [0, 0.05) is 39.9 Å². The van der Waals surface area contributed by atoms with Crippen molar-refractivity contribution in [3.05, 3.63) is 35.9 Å². The maximum atomic E-state index is 12.1. The number of carbonyl (C=O) groups excluding carboxylic acids is 1. The van der Waals surface area contributed by atoms with Crippen LogP contribution in [0.2, 0.25) is 0 Å².